The SMILES string of the molecule is Cc1ccc(-c2cc(CCCN3CCN(c4cccc(C)c4)C(C)C3)nn2C(C)(C)C)cc1. The lowest BCUT2D eigenvalue weighted by atomic mass is 10.1. The number of nitrogens with zero attached hydrogens (tertiary/aromatic N) is 4. The van der Waals surface area contributed by atoms with Gasteiger partial charge in [-0.1, -0.05) is 42.0 Å². The monoisotopic (exact) mass is 444 g/mol. The molecule has 1 unspecified atom stereocenters. The van der Waals surface area contributed by atoms with Gasteiger partial charge in [-0.15, -0.1) is 0 Å². The molecule has 3 aromatic rings. The molecule has 4 nitrogen and oxygen atoms in total. The molecule has 0 aliphatic carbocycles. The summed E-state index contributed by atoms with van der Waals surface area (Å²) in [6, 6.07) is 20.5. The van der Waals surface area contributed by atoms with Gasteiger partial charge in [-0.3, -0.25) is 9.58 Å². The molecule has 4 rings (SSSR count). The van der Waals surface area contributed by atoms with Crippen LogP contribution in [0.2, 0.25) is 0 Å². The lowest BCUT2D eigenvalue weighted by molar-refractivity contribution is 0.226. The summed E-state index contributed by atoms with van der Waals surface area (Å²) < 4.78 is 2.20. The summed E-state index contributed by atoms with van der Waals surface area (Å²) in [5.41, 5.74) is 7.61. The number of rotatable bonds is 6. The average molecular weight is 445 g/mol. The topological polar surface area (TPSA) is 24.3 Å². The van der Waals surface area contributed by atoms with Crippen LogP contribution < -0.4 is 4.90 Å². The van der Waals surface area contributed by atoms with Crippen molar-refractivity contribution < 1.29 is 0 Å². The summed E-state index contributed by atoms with van der Waals surface area (Å²) in [6.07, 6.45) is 2.17. The maximum absolute atomic E-state index is 5.03. The average Bonchev–Trinajstić information content (AvgIpc) is 3.19. The van der Waals surface area contributed by atoms with Crippen LogP contribution >= 0.6 is 0 Å². The Labute approximate surface area is 200 Å². The molecule has 0 radical (unpaired) electrons. The largest absolute Gasteiger partial charge is 0.366 e. The maximum Gasteiger partial charge on any atom is 0.0691 e. The molecule has 2 aromatic carbocycles. The van der Waals surface area contributed by atoms with Crippen molar-refractivity contribution in [3.05, 3.63) is 71.4 Å². The Hall–Kier alpha value is -2.59. The Morgan fingerprint density at radius 2 is 1.70 bits per heavy atom. The van der Waals surface area contributed by atoms with Gasteiger partial charge in [0.1, 0.15) is 0 Å². The van der Waals surface area contributed by atoms with Gasteiger partial charge >= 0.3 is 0 Å². The number of piperazine rings is 1. The Morgan fingerprint density at radius 1 is 0.939 bits per heavy atom. The molecule has 1 fully saturated rings. The summed E-state index contributed by atoms with van der Waals surface area (Å²) in [5, 5.41) is 5.03. The highest BCUT2D eigenvalue weighted by molar-refractivity contribution is 5.61. The second kappa shape index (κ2) is 9.72. The van der Waals surface area contributed by atoms with Crippen LogP contribution in [0, 0.1) is 13.8 Å². The van der Waals surface area contributed by atoms with E-state index >= 15 is 0 Å². The minimum Gasteiger partial charge on any atom is -0.366 e. The number of aromatic nitrogens is 2. The first-order chi connectivity index (χ1) is 15.7. The van der Waals surface area contributed by atoms with Crippen molar-refractivity contribution in [2.45, 2.75) is 66.0 Å². The van der Waals surface area contributed by atoms with Crippen molar-refractivity contribution in [1.29, 1.82) is 0 Å². The van der Waals surface area contributed by atoms with Crippen LogP contribution in [0.4, 0.5) is 5.69 Å². The van der Waals surface area contributed by atoms with E-state index in [-0.39, 0.29) is 5.54 Å². The van der Waals surface area contributed by atoms with Crippen molar-refractivity contribution in [3.8, 4) is 11.3 Å². The number of hydrogen-bond donors (Lipinski definition) is 0. The molecule has 0 bridgehead atoms. The van der Waals surface area contributed by atoms with Gasteiger partial charge in [-0.2, -0.15) is 5.10 Å². The predicted octanol–water partition coefficient (Wildman–Crippen LogP) is 6.07. The molecule has 1 atom stereocenters. The molecule has 1 saturated heterocycles. The van der Waals surface area contributed by atoms with Crippen LogP contribution in [0.5, 0.6) is 0 Å². The molecule has 1 aliphatic heterocycles. The molecule has 0 saturated carbocycles. The summed E-state index contributed by atoms with van der Waals surface area (Å²) in [5.74, 6) is 0. The minimum atomic E-state index is -0.0416. The van der Waals surface area contributed by atoms with Gasteiger partial charge in [0.05, 0.1) is 16.9 Å². The standard InChI is InChI=1S/C29H40N4/c1-22-12-14-25(15-13-22)28-20-26(30-33(28)29(4,5)6)10-8-16-31-17-18-32(24(3)21-31)27-11-7-9-23(2)19-27/h7,9,11-15,19-20,24H,8,10,16-18,21H2,1-6H3. The lowest BCUT2D eigenvalue weighted by Crippen LogP contribution is -2.52. The van der Waals surface area contributed by atoms with E-state index < -0.39 is 0 Å². The summed E-state index contributed by atoms with van der Waals surface area (Å²) in [6.45, 7) is 17.8. The normalized spacial score (nSPS) is 17.5. The van der Waals surface area contributed by atoms with Gasteiger partial charge in [-0.05, 0) is 90.3 Å². The molecule has 1 aliphatic rings. The van der Waals surface area contributed by atoms with Crippen LogP contribution in [0.3, 0.4) is 0 Å². The third-order valence-electron chi connectivity index (χ3n) is 6.69. The lowest BCUT2D eigenvalue weighted by Gasteiger charge is -2.41. The van der Waals surface area contributed by atoms with Crippen LogP contribution in [0.15, 0.2) is 54.6 Å². The molecule has 0 N–H and O–H groups in total. The van der Waals surface area contributed by atoms with E-state index in [4.69, 9.17) is 5.10 Å². The zero-order valence-corrected chi connectivity index (χ0v) is 21.3. The minimum absolute atomic E-state index is 0.0416. The van der Waals surface area contributed by atoms with Gasteiger partial charge in [-0.25, -0.2) is 0 Å². The Morgan fingerprint density at radius 3 is 2.36 bits per heavy atom. The van der Waals surface area contributed by atoms with E-state index in [1.807, 2.05) is 0 Å². The van der Waals surface area contributed by atoms with E-state index in [1.54, 1.807) is 0 Å². The fourth-order valence-electron chi connectivity index (χ4n) is 4.90. The fraction of sp³-hybridized carbons (Fsp3) is 0.483. The van der Waals surface area contributed by atoms with Crippen molar-refractivity contribution in [1.82, 2.24) is 14.7 Å². The predicted molar refractivity (Wildman–Crippen MR) is 140 cm³/mol. The van der Waals surface area contributed by atoms with Crippen LogP contribution in [0.25, 0.3) is 11.3 Å². The highest BCUT2D eigenvalue weighted by Gasteiger charge is 2.24. The van der Waals surface area contributed by atoms with Crippen LogP contribution in [-0.4, -0.2) is 46.9 Å². The summed E-state index contributed by atoms with van der Waals surface area (Å²) >= 11 is 0. The Kier molecular flexibility index (Phi) is 6.94. The van der Waals surface area contributed by atoms with Crippen molar-refractivity contribution in [2.75, 3.05) is 31.1 Å². The smallest absolute Gasteiger partial charge is 0.0691 e. The first-order valence-electron chi connectivity index (χ1n) is 12.4. The molecule has 176 valence electrons. The second-order valence-corrected chi connectivity index (χ2v) is 10.8. The summed E-state index contributed by atoms with van der Waals surface area (Å²) in [4.78, 5) is 5.18. The number of aryl methyl sites for hydroxylation is 3. The van der Waals surface area contributed by atoms with E-state index in [0.717, 1.165) is 39.0 Å². The third kappa shape index (κ3) is 5.67. The summed E-state index contributed by atoms with van der Waals surface area (Å²) in [7, 11) is 0. The molecule has 33 heavy (non-hydrogen) atoms. The zero-order chi connectivity index (χ0) is 23.6. The number of hydrogen-bond acceptors (Lipinski definition) is 3. The molecule has 0 amide bonds. The van der Waals surface area contributed by atoms with Crippen molar-refractivity contribution in [3.63, 3.8) is 0 Å². The third-order valence-corrected chi connectivity index (χ3v) is 6.69. The maximum atomic E-state index is 5.03. The highest BCUT2D eigenvalue weighted by atomic mass is 15.3. The molecular weight excluding hydrogens is 404 g/mol. The van der Waals surface area contributed by atoms with Gasteiger partial charge < -0.3 is 4.90 Å². The fourth-order valence-corrected chi connectivity index (χ4v) is 4.90. The molecule has 4 heteroatoms. The van der Waals surface area contributed by atoms with E-state index in [0.29, 0.717) is 6.04 Å². The number of benzene rings is 2. The first-order valence-corrected chi connectivity index (χ1v) is 12.4. The molecule has 0 spiro atoms. The molecule has 2 heterocycles. The number of anilines is 1. The Bertz CT molecular complexity index is 1060. The second-order valence-electron chi connectivity index (χ2n) is 10.8. The van der Waals surface area contributed by atoms with E-state index in [2.05, 4.69) is 111 Å². The van der Waals surface area contributed by atoms with Crippen LogP contribution in [-0.2, 0) is 12.0 Å². The van der Waals surface area contributed by atoms with E-state index in [9.17, 15) is 0 Å². The highest BCUT2D eigenvalue weighted by Crippen LogP contribution is 2.28. The Balaban J connectivity index is 1.37. The van der Waals surface area contributed by atoms with Gasteiger partial charge in [0, 0.05) is 31.4 Å². The van der Waals surface area contributed by atoms with Crippen molar-refractivity contribution in [2.24, 2.45) is 0 Å². The van der Waals surface area contributed by atoms with Gasteiger partial charge in [0.25, 0.3) is 0 Å². The molecular formula is C29H40N4. The van der Waals surface area contributed by atoms with Crippen LogP contribution in [0.1, 0.15) is 50.9 Å². The first kappa shape index (κ1) is 23.6. The van der Waals surface area contributed by atoms with Crippen molar-refractivity contribution >= 4 is 5.69 Å². The molecule has 1 aromatic heterocycles. The quantitative estimate of drug-likeness (QED) is 0.461. The van der Waals surface area contributed by atoms with E-state index in [1.165, 1.54) is 33.8 Å². The van der Waals surface area contributed by atoms with Gasteiger partial charge in [0.15, 0.2) is 0 Å². The van der Waals surface area contributed by atoms with Gasteiger partial charge in [0.2, 0.25) is 0 Å². The zero-order valence-electron chi connectivity index (χ0n) is 21.3.